The maximum atomic E-state index is 12.8. The van der Waals surface area contributed by atoms with E-state index in [2.05, 4.69) is 117 Å². The fourth-order valence-corrected chi connectivity index (χ4v) is 6.39. The van der Waals surface area contributed by atoms with Crippen molar-refractivity contribution in [2.24, 2.45) is 0 Å². The second kappa shape index (κ2) is 44.6. The largest absolute Gasteiger partial charge is 0.544 e. The molecule has 0 aliphatic rings. The predicted octanol–water partition coefficient (Wildman–Crippen LogP) is 12.7. The van der Waals surface area contributed by atoms with Crippen LogP contribution in [0.15, 0.2) is 109 Å². The third-order valence-corrected chi connectivity index (χ3v) is 10.2. The first kappa shape index (κ1) is 59.0. The maximum Gasteiger partial charge on any atom is 0.306 e. The van der Waals surface area contributed by atoms with E-state index < -0.39 is 18.1 Å². The highest BCUT2D eigenvalue weighted by molar-refractivity contribution is 5.70. The number of unbranched alkanes of at least 4 members (excludes halogenated alkanes) is 13. The Bertz CT molecular complexity index is 1390. The van der Waals surface area contributed by atoms with Gasteiger partial charge in [-0.25, -0.2) is 0 Å². The van der Waals surface area contributed by atoms with Crippen molar-refractivity contribution in [3.8, 4) is 0 Å². The van der Waals surface area contributed by atoms with Crippen molar-refractivity contribution in [2.75, 3.05) is 41.0 Å². The number of nitrogens with zero attached hydrogens (tertiary/aromatic N) is 1. The molecule has 0 fully saturated rings. The molecule has 0 rings (SSSR count). The van der Waals surface area contributed by atoms with E-state index in [0.29, 0.717) is 12.8 Å². The van der Waals surface area contributed by atoms with Crippen molar-refractivity contribution in [3.05, 3.63) is 109 Å². The molecule has 0 aromatic rings. The number of carboxylic acids is 1. The van der Waals surface area contributed by atoms with Crippen LogP contribution >= 0.6 is 0 Å². The normalized spacial score (nSPS) is 13.9. The number of hydrogen-bond donors (Lipinski definition) is 0. The minimum Gasteiger partial charge on any atom is -0.544 e. The van der Waals surface area contributed by atoms with Gasteiger partial charge in [-0.2, -0.15) is 0 Å². The van der Waals surface area contributed by atoms with Crippen molar-refractivity contribution >= 4 is 17.9 Å². The Morgan fingerprint density at radius 2 is 0.905 bits per heavy atom. The minimum absolute atomic E-state index is 0.00757. The Labute approximate surface area is 385 Å². The summed E-state index contributed by atoms with van der Waals surface area (Å²) < 4.78 is 17.1. The molecule has 8 heteroatoms. The summed E-state index contributed by atoms with van der Waals surface area (Å²) in [6.07, 6.45) is 61.1. The summed E-state index contributed by atoms with van der Waals surface area (Å²) in [4.78, 5) is 37.0. The van der Waals surface area contributed by atoms with Gasteiger partial charge in [-0.3, -0.25) is 9.59 Å². The summed E-state index contributed by atoms with van der Waals surface area (Å²) in [6, 6.07) is -0.745. The van der Waals surface area contributed by atoms with Gasteiger partial charge in [-0.05, 0) is 89.9 Å². The summed E-state index contributed by atoms with van der Waals surface area (Å²) in [7, 11) is 5.37. The van der Waals surface area contributed by atoms with E-state index in [0.717, 1.165) is 83.5 Å². The fraction of sp³-hybridized carbons (Fsp3) is 0.618. The second-order valence-electron chi connectivity index (χ2n) is 17.1. The fourth-order valence-electron chi connectivity index (χ4n) is 6.39. The molecule has 2 unspecified atom stereocenters. The molecule has 0 N–H and O–H groups in total. The molecular formula is C55H89NO7. The number of hydrogen-bond acceptors (Lipinski definition) is 7. The molecule has 0 aliphatic heterocycles. The van der Waals surface area contributed by atoms with Crippen LogP contribution in [0.4, 0.5) is 0 Å². The minimum atomic E-state index is -1.14. The van der Waals surface area contributed by atoms with Gasteiger partial charge in [0.15, 0.2) is 6.10 Å². The van der Waals surface area contributed by atoms with Crippen LogP contribution in [0, 0.1) is 0 Å². The topological polar surface area (TPSA) is 102 Å². The Morgan fingerprint density at radius 3 is 1.41 bits per heavy atom. The monoisotopic (exact) mass is 876 g/mol. The number of rotatable bonds is 42. The number of allylic oxidation sites excluding steroid dienone is 18. The van der Waals surface area contributed by atoms with Gasteiger partial charge in [-0.15, -0.1) is 0 Å². The molecular weight excluding hydrogens is 787 g/mol. The lowest BCUT2D eigenvalue weighted by Gasteiger charge is -2.34. The molecule has 356 valence electrons. The zero-order valence-electron chi connectivity index (χ0n) is 40.4. The summed E-state index contributed by atoms with van der Waals surface area (Å²) in [5, 5.41) is 11.7. The Balaban J connectivity index is 4.46. The smallest absolute Gasteiger partial charge is 0.306 e. The quantitative estimate of drug-likeness (QED) is 0.0198. The molecule has 0 saturated heterocycles. The average Bonchev–Trinajstić information content (AvgIpc) is 3.24. The highest BCUT2D eigenvalue weighted by Gasteiger charge is 2.25. The van der Waals surface area contributed by atoms with Crippen molar-refractivity contribution < 1.29 is 38.2 Å². The van der Waals surface area contributed by atoms with Gasteiger partial charge >= 0.3 is 11.9 Å². The molecule has 0 spiro atoms. The summed E-state index contributed by atoms with van der Waals surface area (Å²) in [5.41, 5.74) is 0. The predicted molar refractivity (Wildman–Crippen MR) is 263 cm³/mol. The second-order valence-corrected chi connectivity index (χ2v) is 17.1. The molecule has 0 aromatic heterocycles. The van der Waals surface area contributed by atoms with E-state index in [4.69, 9.17) is 14.2 Å². The molecule has 0 saturated carbocycles. The average molecular weight is 876 g/mol. The van der Waals surface area contributed by atoms with E-state index in [1.54, 1.807) is 21.1 Å². The number of likely N-dealkylation sites (N-methyl/N-ethyl adjacent to an activating group) is 1. The van der Waals surface area contributed by atoms with Crippen molar-refractivity contribution in [1.29, 1.82) is 0 Å². The van der Waals surface area contributed by atoms with Gasteiger partial charge in [0, 0.05) is 19.3 Å². The number of aliphatic carboxylic acids is 1. The lowest BCUT2D eigenvalue weighted by atomic mass is 10.1. The van der Waals surface area contributed by atoms with Crippen LogP contribution in [-0.2, 0) is 28.6 Å². The van der Waals surface area contributed by atoms with Crippen LogP contribution in [0.5, 0.6) is 0 Å². The maximum absolute atomic E-state index is 12.8. The number of carbonyl (C=O) groups is 3. The van der Waals surface area contributed by atoms with Crippen LogP contribution in [0.2, 0.25) is 0 Å². The highest BCUT2D eigenvalue weighted by atomic mass is 16.6. The molecule has 0 heterocycles. The van der Waals surface area contributed by atoms with E-state index in [1.165, 1.54) is 44.9 Å². The summed E-state index contributed by atoms with van der Waals surface area (Å²) in [5.74, 6) is -1.84. The Kier molecular flexibility index (Phi) is 41.8. The van der Waals surface area contributed by atoms with Crippen LogP contribution in [-0.4, -0.2) is 75.5 Å². The van der Waals surface area contributed by atoms with E-state index >= 15 is 0 Å². The first-order chi connectivity index (χ1) is 30.6. The van der Waals surface area contributed by atoms with Crippen molar-refractivity contribution in [2.45, 2.75) is 180 Å². The number of quaternary nitrogens is 1. The molecule has 0 aromatic carbocycles. The first-order valence-corrected chi connectivity index (χ1v) is 24.5. The molecule has 0 bridgehead atoms. The standard InChI is InChI=1S/C55H89NO7/c1-6-8-10-12-14-16-18-20-22-24-26-27-28-30-32-34-36-38-40-42-44-46-54(58)63-51(49-61-48-47-52(55(59)60)56(3,4)5)50-62-53(57)45-43-41-39-37-35-33-31-29-25-23-21-19-17-15-13-11-9-7-2/h14-17,19-23,25-27,29-32,36,38,51-52H,6-13,18,24,28,33-35,37,39-50H2,1-5H3/b16-14+,17-15+,21-19+,22-20+,25-23+,27-26+,31-29+,32-30+,38-36+. The highest BCUT2D eigenvalue weighted by Crippen LogP contribution is 2.12. The SMILES string of the molecule is CCCCC/C=C/C=C/C=C/C=C/CCCCCCCC(=O)OCC(COCCC(C(=O)[O-])[N+](C)(C)C)OC(=O)CCCC/C=C/C/C=C/C/C=C/C/C=C/C/C=C/CCCCC. The van der Waals surface area contributed by atoms with Crippen LogP contribution in [0.1, 0.15) is 168 Å². The van der Waals surface area contributed by atoms with Gasteiger partial charge in [0.25, 0.3) is 0 Å². The van der Waals surface area contributed by atoms with E-state index in [1.807, 2.05) is 6.08 Å². The van der Waals surface area contributed by atoms with Crippen LogP contribution in [0.3, 0.4) is 0 Å². The Morgan fingerprint density at radius 1 is 0.492 bits per heavy atom. The zero-order valence-corrected chi connectivity index (χ0v) is 40.4. The van der Waals surface area contributed by atoms with Gasteiger partial charge in [-0.1, -0.05) is 168 Å². The molecule has 0 amide bonds. The van der Waals surface area contributed by atoms with Gasteiger partial charge in [0.1, 0.15) is 12.6 Å². The summed E-state index contributed by atoms with van der Waals surface area (Å²) >= 11 is 0. The lowest BCUT2D eigenvalue weighted by molar-refractivity contribution is -0.889. The number of carboxylic acid groups (broad SMARTS) is 1. The van der Waals surface area contributed by atoms with E-state index in [-0.39, 0.29) is 49.1 Å². The van der Waals surface area contributed by atoms with Crippen LogP contribution in [0.25, 0.3) is 0 Å². The van der Waals surface area contributed by atoms with E-state index in [9.17, 15) is 19.5 Å². The first-order valence-electron chi connectivity index (χ1n) is 24.5. The number of carbonyl (C=O) groups excluding carboxylic acids is 3. The van der Waals surface area contributed by atoms with Gasteiger partial charge in [0.2, 0.25) is 0 Å². The molecule has 8 nitrogen and oxygen atoms in total. The molecule has 2 atom stereocenters. The van der Waals surface area contributed by atoms with Gasteiger partial charge < -0.3 is 28.6 Å². The molecule has 0 aliphatic carbocycles. The van der Waals surface area contributed by atoms with Crippen molar-refractivity contribution in [3.63, 3.8) is 0 Å². The number of esters is 2. The van der Waals surface area contributed by atoms with Gasteiger partial charge in [0.05, 0.1) is 40.3 Å². The number of ether oxygens (including phenoxy) is 3. The third-order valence-electron chi connectivity index (χ3n) is 10.2. The third kappa shape index (κ3) is 43.0. The summed E-state index contributed by atoms with van der Waals surface area (Å²) in [6.45, 7) is 4.50. The lowest BCUT2D eigenvalue weighted by Crippen LogP contribution is -2.55. The zero-order chi connectivity index (χ0) is 46.3. The molecule has 0 radical (unpaired) electrons. The Hall–Kier alpha value is -4.01. The van der Waals surface area contributed by atoms with Crippen molar-refractivity contribution in [1.82, 2.24) is 0 Å². The molecule has 63 heavy (non-hydrogen) atoms. The van der Waals surface area contributed by atoms with Crippen LogP contribution < -0.4 is 5.11 Å².